The predicted molar refractivity (Wildman–Crippen MR) is 78.2 cm³/mol. The molecular formula is C17H19NO2. The van der Waals surface area contributed by atoms with E-state index in [1.807, 2.05) is 43.3 Å². The van der Waals surface area contributed by atoms with Gasteiger partial charge in [0.15, 0.2) is 0 Å². The fraction of sp³-hybridized carbons (Fsp3) is 0.294. The summed E-state index contributed by atoms with van der Waals surface area (Å²) in [6.45, 7) is 2.39. The molecule has 0 atom stereocenters. The van der Waals surface area contributed by atoms with Crippen LogP contribution in [0.4, 0.5) is 0 Å². The third-order valence-corrected chi connectivity index (χ3v) is 3.12. The molecule has 1 aromatic carbocycles. The average Bonchev–Trinajstić information content (AvgIpc) is 2.48. The maximum atomic E-state index is 11.6. The van der Waals surface area contributed by atoms with Crippen LogP contribution in [0.3, 0.4) is 0 Å². The first-order chi connectivity index (χ1) is 9.74. The van der Waals surface area contributed by atoms with E-state index in [1.165, 1.54) is 11.1 Å². The molecule has 0 fully saturated rings. The van der Waals surface area contributed by atoms with Gasteiger partial charge in [0, 0.05) is 18.8 Å². The fourth-order valence-electron chi connectivity index (χ4n) is 1.91. The Labute approximate surface area is 119 Å². The second-order valence-corrected chi connectivity index (χ2v) is 4.86. The molecule has 0 saturated carbocycles. The molecule has 0 N–H and O–H groups in total. The van der Waals surface area contributed by atoms with Crippen molar-refractivity contribution in [3.05, 3.63) is 65.5 Å². The fourth-order valence-corrected chi connectivity index (χ4v) is 1.91. The van der Waals surface area contributed by atoms with Gasteiger partial charge in [-0.05, 0) is 43.0 Å². The van der Waals surface area contributed by atoms with Crippen molar-refractivity contribution in [2.75, 3.05) is 0 Å². The summed E-state index contributed by atoms with van der Waals surface area (Å²) < 4.78 is 5.25. The van der Waals surface area contributed by atoms with E-state index in [0.717, 1.165) is 18.4 Å². The Bertz CT molecular complexity index is 535. The number of carbonyl (C=O) groups excluding carboxylic acids is 1. The minimum absolute atomic E-state index is 0.139. The summed E-state index contributed by atoms with van der Waals surface area (Å²) >= 11 is 0. The summed E-state index contributed by atoms with van der Waals surface area (Å²) in [6.07, 6.45) is 5.67. The van der Waals surface area contributed by atoms with Crippen molar-refractivity contribution in [1.82, 2.24) is 4.98 Å². The number of esters is 1. The van der Waals surface area contributed by atoms with Gasteiger partial charge >= 0.3 is 5.97 Å². The van der Waals surface area contributed by atoms with Crippen molar-refractivity contribution in [2.45, 2.75) is 32.8 Å². The molecule has 2 rings (SSSR count). The Balaban J connectivity index is 1.67. The number of carbonyl (C=O) groups is 1. The third kappa shape index (κ3) is 4.84. The van der Waals surface area contributed by atoms with Crippen molar-refractivity contribution >= 4 is 5.97 Å². The van der Waals surface area contributed by atoms with Crippen LogP contribution in [0.1, 0.15) is 29.5 Å². The van der Waals surface area contributed by atoms with Gasteiger partial charge in [-0.2, -0.15) is 0 Å². The lowest BCUT2D eigenvalue weighted by Gasteiger charge is -2.05. The molecule has 3 heteroatoms. The summed E-state index contributed by atoms with van der Waals surface area (Å²) in [4.78, 5) is 15.6. The lowest BCUT2D eigenvalue weighted by molar-refractivity contribution is -0.145. The zero-order valence-corrected chi connectivity index (χ0v) is 11.7. The summed E-state index contributed by atoms with van der Waals surface area (Å²) in [6, 6.07) is 12.0. The molecule has 0 unspecified atom stereocenters. The quantitative estimate of drug-likeness (QED) is 0.754. The number of benzene rings is 1. The maximum absolute atomic E-state index is 11.6. The molecule has 3 nitrogen and oxygen atoms in total. The second-order valence-electron chi connectivity index (χ2n) is 4.86. The lowest BCUT2D eigenvalue weighted by atomic mass is 10.1. The first-order valence-electron chi connectivity index (χ1n) is 6.84. The first-order valence-corrected chi connectivity index (χ1v) is 6.84. The molecule has 0 amide bonds. The Kier molecular flexibility index (Phi) is 5.30. The normalized spacial score (nSPS) is 10.2. The van der Waals surface area contributed by atoms with Crippen LogP contribution in [0.5, 0.6) is 0 Å². The van der Waals surface area contributed by atoms with Crippen LogP contribution in [0.25, 0.3) is 0 Å². The number of pyridine rings is 1. The van der Waals surface area contributed by atoms with Crippen LogP contribution in [0.15, 0.2) is 48.8 Å². The van der Waals surface area contributed by atoms with Crippen molar-refractivity contribution in [1.29, 1.82) is 0 Å². The highest BCUT2D eigenvalue weighted by atomic mass is 16.5. The SMILES string of the molecule is Cc1ccc(COC(=O)CCCc2ccncc2)cc1. The zero-order valence-electron chi connectivity index (χ0n) is 11.7. The highest BCUT2D eigenvalue weighted by Gasteiger charge is 2.03. The Hall–Kier alpha value is -2.16. The monoisotopic (exact) mass is 269 g/mol. The van der Waals surface area contributed by atoms with Crippen molar-refractivity contribution in [3.63, 3.8) is 0 Å². The van der Waals surface area contributed by atoms with Crippen LogP contribution < -0.4 is 0 Å². The van der Waals surface area contributed by atoms with E-state index in [4.69, 9.17) is 4.74 Å². The van der Waals surface area contributed by atoms with Crippen LogP contribution in [0.2, 0.25) is 0 Å². The number of nitrogens with zero attached hydrogens (tertiary/aromatic N) is 1. The van der Waals surface area contributed by atoms with Gasteiger partial charge in [-0.15, -0.1) is 0 Å². The molecule has 1 aromatic heterocycles. The molecule has 104 valence electrons. The van der Waals surface area contributed by atoms with Gasteiger partial charge in [0.2, 0.25) is 0 Å². The molecule has 0 radical (unpaired) electrons. The van der Waals surface area contributed by atoms with E-state index in [-0.39, 0.29) is 5.97 Å². The molecule has 0 spiro atoms. The van der Waals surface area contributed by atoms with Gasteiger partial charge in [-0.25, -0.2) is 0 Å². The summed E-state index contributed by atoms with van der Waals surface area (Å²) in [7, 11) is 0. The topological polar surface area (TPSA) is 39.2 Å². The number of aryl methyl sites for hydroxylation is 2. The minimum atomic E-state index is -0.139. The smallest absolute Gasteiger partial charge is 0.306 e. The van der Waals surface area contributed by atoms with Crippen molar-refractivity contribution < 1.29 is 9.53 Å². The summed E-state index contributed by atoms with van der Waals surface area (Å²) in [5, 5.41) is 0. The number of hydrogen-bond donors (Lipinski definition) is 0. The van der Waals surface area contributed by atoms with Crippen LogP contribution in [0, 0.1) is 6.92 Å². The largest absolute Gasteiger partial charge is 0.461 e. The minimum Gasteiger partial charge on any atom is -0.461 e. The zero-order chi connectivity index (χ0) is 14.2. The van der Waals surface area contributed by atoms with Crippen LogP contribution in [-0.2, 0) is 22.6 Å². The van der Waals surface area contributed by atoms with Gasteiger partial charge in [-0.3, -0.25) is 9.78 Å². The number of aromatic nitrogens is 1. The van der Waals surface area contributed by atoms with E-state index >= 15 is 0 Å². The molecule has 2 aromatic rings. The molecular weight excluding hydrogens is 250 g/mol. The highest BCUT2D eigenvalue weighted by molar-refractivity contribution is 5.69. The van der Waals surface area contributed by atoms with Crippen molar-refractivity contribution in [2.24, 2.45) is 0 Å². The number of rotatable bonds is 6. The molecule has 0 aliphatic rings. The summed E-state index contributed by atoms with van der Waals surface area (Å²) in [5.74, 6) is -0.139. The maximum Gasteiger partial charge on any atom is 0.306 e. The molecule has 0 saturated heterocycles. The third-order valence-electron chi connectivity index (χ3n) is 3.12. The van der Waals surface area contributed by atoms with Gasteiger partial charge < -0.3 is 4.74 Å². The van der Waals surface area contributed by atoms with E-state index < -0.39 is 0 Å². The van der Waals surface area contributed by atoms with E-state index in [1.54, 1.807) is 12.4 Å². The van der Waals surface area contributed by atoms with Gasteiger partial charge in [-0.1, -0.05) is 29.8 Å². The number of hydrogen-bond acceptors (Lipinski definition) is 3. The Morgan fingerprint density at radius 1 is 1.05 bits per heavy atom. The van der Waals surface area contributed by atoms with E-state index in [9.17, 15) is 4.79 Å². The average molecular weight is 269 g/mol. The van der Waals surface area contributed by atoms with Gasteiger partial charge in [0.05, 0.1) is 0 Å². The molecule has 1 heterocycles. The van der Waals surface area contributed by atoms with Crippen LogP contribution >= 0.6 is 0 Å². The molecule has 0 aliphatic heterocycles. The van der Waals surface area contributed by atoms with Crippen molar-refractivity contribution in [3.8, 4) is 0 Å². The summed E-state index contributed by atoms with van der Waals surface area (Å²) in [5.41, 5.74) is 3.43. The predicted octanol–water partition coefficient (Wildman–Crippen LogP) is 3.46. The molecule has 0 bridgehead atoms. The number of ether oxygens (including phenoxy) is 1. The molecule has 0 aliphatic carbocycles. The van der Waals surface area contributed by atoms with Gasteiger partial charge in [0.1, 0.15) is 6.61 Å². The molecule has 20 heavy (non-hydrogen) atoms. The van der Waals surface area contributed by atoms with Gasteiger partial charge in [0.25, 0.3) is 0 Å². The Morgan fingerprint density at radius 2 is 1.75 bits per heavy atom. The Morgan fingerprint density at radius 3 is 2.45 bits per heavy atom. The first kappa shape index (κ1) is 14.3. The lowest BCUT2D eigenvalue weighted by Crippen LogP contribution is -2.05. The van der Waals surface area contributed by atoms with Crippen LogP contribution in [-0.4, -0.2) is 11.0 Å². The second kappa shape index (κ2) is 7.43. The van der Waals surface area contributed by atoms with E-state index in [0.29, 0.717) is 13.0 Å². The standard InChI is InChI=1S/C17H19NO2/c1-14-5-7-16(8-6-14)13-20-17(19)4-2-3-15-9-11-18-12-10-15/h5-12H,2-4,13H2,1H3. The van der Waals surface area contributed by atoms with E-state index in [2.05, 4.69) is 4.98 Å². The highest BCUT2D eigenvalue weighted by Crippen LogP contribution is 2.07.